The first-order valence-corrected chi connectivity index (χ1v) is 4.53. The Morgan fingerprint density at radius 2 is 2.29 bits per heavy atom. The van der Waals surface area contributed by atoms with E-state index in [2.05, 4.69) is 31.0 Å². The van der Waals surface area contributed by atoms with Crippen LogP contribution < -0.4 is 0 Å². The Labute approximate surface area is 88.2 Å². The lowest BCUT2D eigenvalue weighted by Gasteiger charge is -1.97. The monoisotopic (exact) mass is 249 g/mol. The van der Waals surface area contributed by atoms with Crippen molar-refractivity contribution in [2.45, 2.75) is 0 Å². The molecular weight excluding hydrogens is 246 g/mol. The molecule has 0 aliphatic heterocycles. The molecule has 0 saturated heterocycles. The fourth-order valence-electron chi connectivity index (χ4n) is 0.934. The zero-order valence-corrected chi connectivity index (χ0v) is 8.51. The normalized spacial score (nSPS) is 9.71. The predicted molar refractivity (Wildman–Crippen MR) is 51.6 cm³/mol. The van der Waals surface area contributed by atoms with Gasteiger partial charge in [-0.05, 0) is 28.1 Å². The summed E-state index contributed by atoms with van der Waals surface area (Å²) in [6.07, 6.45) is 3.23. The first kappa shape index (κ1) is 8.84. The van der Waals surface area contributed by atoms with Crippen molar-refractivity contribution >= 4 is 15.9 Å². The van der Waals surface area contributed by atoms with Gasteiger partial charge in [0, 0.05) is 12.4 Å². The molecule has 2 aromatic heterocycles. The van der Waals surface area contributed by atoms with Crippen LogP contribution in [0.15, 0.2) is 29.1 Å². The number of nitrogens with zero attached hydrogens (tertiary/aromatic N) is 5. The zero-order chi connectivity index (χ0) is 9.97. The molecule has 0 aromatic carbocycles. The van der Waals surface area contributed by atoms with Crippen molar-refractivity contribution in [2.24, 2.45) is 0 Å². The molecule has 68 valence electrons. The smallest absolute Gasteiger partial charge is 0.220 e. The van der Waals surface area contributed by atoms with E-state index in [-0.39, 0.29) is 0 Å². The molecule has 2 rings (SSSR count). The second-order valence-electron chi connectivity index (χ2n) is 2.44. The molecule has 0 N–H and O–H groups in total. The maximum atomic E-state index is 8.63. The van der Waals surface area contributed by atoms with Gasteiger partial charge in [0.2, 0.25) is 0 Å². The Morgan fingerprint density at radius 1 is 1.43 bits per heavy atom. The number of rotatable bonds is 1. The van der Waals surface area contributed by atoms with Gasteiger partial charge in [-0.2, -0.15) is 10.4 Å². The maximum absolute atomic E-state index is 8.63. The van der Waals surface area contributed by atoms with Crippen molar-refractivity contribution in [1.82, 2.24) is 19.7 Å². The van der Waals surface area contributed by atoms with Crippen LogP contribution in [0.1, 0.15) is 5.69 Å². The predicted octanol–water partition coefficient (Wildman–Crippen LogP) is 1.30. The van der Waals surface area contributed by atoms with Gasteiger partial charge in [0.05, 0.1) is 0 Å². The Bertz CT molecular complexity index is 498. The molecular formula is C8H4BrN5. The van der Waals surface area contributed by atoms with Gasteiger partial charge in [-0.1, -0.05) is 0 Å². The van der Waals surface area contributed by atoms with E-state index in [0.717, 1.165) is 0 Å². The van der Waals surface area contributed by atoms with Crippen molar-refractivity contribution in [3.05, 3.63) is 34.8 Å². The van der Waals surface area contributed by atoms with Gasteiger partial charge in [0.1, 0.15) is 16.4 Å². The molecule has 0 amide bonds. The van der Waals surface area contributed by atoms with Crippen LogP contribution in [-0.4, -0.2) is 19.7 Å². The highest BCUT2D eigenvalue weighted by Gasteiger charge is 2.02. The molecule has 0 saturated carbocycles. The third-order valence-corrected chi connectivity index (χ3v) is 1.94. The lowest BCUT2D eigenvalue weighted by molar-refractivity contribution is 0.798. The quantitative estimate of drug-likeness (QED) is 0.764. The van der Waals surface area contributed by atoms with Crippen LogP contribution in [-0.2, 0) is 0 Å². The van der Waals surface area contributed by atoms with Gasteiger partial charge < -0.3 is 0 Å². The number of hydrogen-bond acceptors (Lipinski definition) is 4. The van der Waals surface area contributed by atoms with Crippen molar-refractivity contribution in [1.29, 1.82) is 5.26 Å². The molecule has 0 aliphatic rings. The molecule has 6 heteroatoms. The molecule has 0 atom stereocenters. The number of nitriles is 1. The summed E-state index contributed by atoms with van der Waals surface area (Å²) in [5, 5.41) is 12.7. The van der Waals surface area contributed by atoms with Gasteiger partial charge in [0.25, 0.3) is 5.95 Å². The van der Waals surface area contributed by atoms with Gasteiger partial charge in [-0.3, -0.25) is 0 Å². The van der Waals surface area contributed by atoms with Crippen LogP contribution in [0.4, 0.5) is 0 Å². The summed E-state index contributed by atoms with van der Waals surface area (Å²) in [4.78, 5) is 7.97. The second-order valence-corrected chi connectivity index (χ2v) is 3.25. The van der Waals surface area contributed by atoms with Crippen LogP contribution in [0.5, 0.6) is 0 Å². The fourth-order valence-corrected chi connectivity index (χ4v) is 1.22. The van der Waals surface area contributed by atoms with Crippen LogP contribution in [0.3, 0.4) is 0 Å². The lowest BCUT2D eigenvalue weighted by atomic mass is 10.4. The molecule has 2 heterocycles. The highest BCUT2D eigenvalue weighted by molar-refractivity contribution is 9.10. The molecule has 0 bridgehead atoms. The number of aromatic nitrogens is 4. The summed E-state index contributed by atoms with van der Waals surface area (Å²) in [7, 11) is 0. The topological polar surface area (TPSA) is 67.4 Å². The summed E-state index contributed by atoms with van der Waals surface area (Å²) in [5.74, 6) is 0.384. The second kappa shape index (κ2) is 3.55. The van der Waals surface area contributed by atoms with E-state index in [1.807, 2.05) is 6.07 Å². The average molecular weight is 250 g/mol. The van der Waals surface area contributed by atoms with Gasteiger partial charge in [-0.25, -0.2) is 14.6 Å². The zero-order valence-electron chi connectivity index (χ0n) is 6.92. The van der Waals surface area contributed by atoms with Crippen LogP contribution in [0, 0.1) is 11.3 Å². The summed E-state index contributed by atoms with van der Waals surface area (Å²) in [5.41, 5.74) is 0.321. The summed E-state index contributed by atoms with van der Waals surface area (Å²) in [6.45, 7) is 0. The minimum atomic E-state index is 0.321. The summed E-state index contributed by atoms with van der Waals surface area (Å²) < 4.78 is 2.19. The van der Waals surface area contributed by atoms with Crippen molar-refractivity contribution < 1.29 is 0 Å². The third-order valence-electron chi connectivity index (χ3n) is 1.52. The lowest BCUT2D eigenvalue weighted by Crippen LogP contribution is -2.02. The van der Waals surface area contributed by atoms with E-state index in [1.165, 1.54) is 10.9 Å². The van der Waals surface area contributed by atoms with Crippen molar-refractivity contribution in [3.8, 4) is 12.0 Å². The molecule has 14 heavy (non-hydrogen) atoms. The largest absolute Gasteiger partial charge is 0.251 e. The summed E-state index contributed by atoms with van der Waals surface area (Å²) in [6, 6.07) is 5.25. The van der Waals surface area contributed by atoms with Gasteiger partial charge in [0.15, 0.2) is 0 Å². The minimum absolute atomic E-state index is 0.321. The molecule has 0 aliphatic carbocycles. The van der Waals surface area contributed by atoms with Crippen LogP contribution in [0.2, 0.25) is 0 Å². The average Bonchev–Trinajstić information content (AvgIpc) is 2.65. The standard InChI is InChI=1S/C8H4BrN5/c9-7-2-4-14(13-7)8-11-3-1-6(5-10)12-8/h1-4H. The number of hydrogen-bond donors (Lipinski definition) is 0. The number of halogens is 1. The maximum Gasteiger partial charge on any atom is 0.251 e. The Morgan fingerprint density at radius 3 is 2.93 bits per heavy atom. The highest BCUT2D eigenvalue weighted by atomic mass is 79.9. The van der Waals surface area contributed by atoms with Crippen LogP contribution >= 0.6 is 15.9 Å². The first-order valence-electron chi connectivity index (χ1n) is 3.74. The molecule has 0 unspecified atom stereocenters. The highest BCUT2D eigenvalue weighted by Crippen LogP contribution is 2.07. The van der Waals surface area contributed by atoms with E-state index in [4.69, 9.17) is 5.26 Å². The van der Waals surface area contributed by atoms with Gasteiger partial charge in [-0.15, -0.1) is 0 Å². The Balaban J connectivity index is 2.47. The minimum Gasteiger partial charge on any atom is -0.220 e. The van der Waals surface area contributed by atoms with E-state index in [1.54, 1.807) is 18.3 Å². The van der Waals surface area contributed by atoms with E-state index in [0.29, 0.717) is 16.2 Å². The fraction of sp³-hybridized carbons (Fsp3) is 0. The Kier molecular flexibility index (Phi) is 2.24. The molecule has 0 spiro atoms. The van der Waals surface area contributed by atoms with E-state index in [9.17, 15) is 0 Å². The first-order chi connectivity index (χ1) is 6.79. The Hall–Kier alpha value is -1.74. The van der Waals surface area contributed by atoms with Crippen LogP contribution in [0.25, 0.3) is 5.95 Å². The van der Waals surface area contributed by atoms with E-state index >= 15 is 0 Å². The molecule has 5 nitrogen and oxygen atoms in total. The molecule has 2 aromatic rings. The van der Waals surface area contributed by atoms with Gasteiger partial charge >= 0.3 is 0 Å². The summed E-state index contributed by atoms with van der Waals surface area (Å²) >= 11 is 3.21. The molecule has 0 fully saturated rings. The molecule has 0 radical (unpaired) electrons. The third kappa shape index (κ3) is 1.63. The van der Waals surface area contributed by atoms with Crippen molar-refractivity contribution in [2.75, 3.05) is 0 Å². The SMILES string of the molecule is N#Cc1ccnc(-n2ccc(Br)n2)n1. The van der Waals surface area contributed by atoms with Crippen molar-refractivity contribution in [3.63, 3.8) is 0 Å². The van der Waals surface area contributed by atoms with E-state index < -0.39 is 0 Å².